The fraction of sp³-hybridized carbons (Fsp3) is 0.311. The number of thiazole rings is 6. The molecule has 1 aromatic carbocycles. The van der Waals surface area contributed by atoms with Crippen LogP contribution < -0.4 is 26.2 Å². The number of nitrogens with zero attached hydrogens (tertiary/aromatic N) is 9. The Hall–Kier alpha value is -9.02. The quantitative estimate of drug-likeness (QED) is 0.0417. The van der Waals surface area contributed by atoms with Crippen LogP contribution >= 0.6 is 68.0 Å². The van der Waals surface area contributed by atoms with Crippen molar-refractivity contribution >= 4 is 121 Å². The van der Waals surface area contributed by atoms with Crippen molar-refractivity contribution in [3.63, 3.8) is 0 Å². The molecule has 4 atom stereocenters. The van der Waals surface area contributed by atoms with E-state index in [9.17, 15) is 53.7 Å². The van der Waals surface area contributed by atoms with Crippen LogP contribution in [0.1, 0.15) is 148 Å². The van der Waals surface area contributed by atoms with Gasteiger partial charge in [-0.15, -0.1) is 68.0 Å². The summed E-state index contributed by atoms with van der Waals surface area (Å²) >= 11 is 7.05. The van der Waals surface area contributed by atoms with Gasteiger partial charge in [0.25, 0.3) is 11.8 Å². The lowest BCUT2D eigenvalue weighted by Gasteiger charge is -2.23. The number of Topliss-reactive ketones (excluding diaryl/α,β-unsaturated/α-hetero) is 1. The van der Waals surface area contributed by atoms with Gasteiger partial charge in [0.1, 0.15) is 83.8 Å². The van der Waals surface area contributed by atoms with Crippen molar-refractivity contribution in [2.75, 3.05) is 32.1 Å². The van der Waals surface area contributed by atoms with E-state index < -0.39 is 72.3 Å². The second-order valence-corrected chi connectivity index (χ2v) is 27.1. The summed E-state index contributed by atoms with van der Waals surface area (Å²) in [5.41, 5.74) is 2.66. The fourth-order valence-corrected chi connectivity index (χ4v) is 15.3. The summed E-state index contributed by atoms with van der Waals surface area (Å²) in [6, 6.07) is 12.8. The Labute approximate surface area is 554 Å². The number of amides is 5. The number of carbonyl (C=O) groups excluding carboxylic acids is 6. The van der Waals surface area contributed by atoms with Crippen LogP contribution in [0, 0.1) is 12.8 Å². The molecular formula is C61H59N13O13S6. The van der Waals surface area contributed by atoms with Crippen molar-refractivity contribution in [1.29, 1.82) is 0 Å². The van der Waals surface area contributed by atoms with Crippen LogP contribution in [0.25, 0.3) is 43.4 Å². The van der Waals surface area contributed by atoms with Gasteiger partial charge >= 0.3 is 18.0 Å². The Morgan fingerprint density at radius 3 is 2.19 bits per heavy atom. The molecule has 10 rings (SSSR count). The molecular weight excluding hydrogens is 1320 g/mol. The van der Waals surface area contributed by atoms with E-state index >= 15 is 0 Å². The van der Waals surface area contributed by atoms with E-state index in [1.165, 1.54) is 53.9 Å². The number of aliphatic hydroxyl groups is 1. The number of rotatable bonds is 17. The maximum absolute atomic E-state index is 14.4. The minimum atomic E-state index is -1.31. The van der Waals surface area contributed by atoms with Crippen molar-refractivity contribution in [2.45, 2.75) is 90.2 Å². The number of methoxy groups -OCH3 is 1. The summed E-state index contributed by atoms with van der Waals surface area (Å²) in [5, 5.41) is 50.6. The number of hydrogen-bond acceptors (Lipinski definition) is 25. The van der Waals surface area contributed by atoms with E-state index in [-0.39, 0.29) is 97.7 Å². The number of aromatic carboxylic acids is 1. The number of carboxylic acids is 2. The SMILES string of the molecule is CNC(=O)C[C@@H]1NC(=O)c2csc(n2)-c2ccc(-c3nc(N(CCCCC(=O)O)C(=O)OCc4ccc(C(=O)O)cn4)cs3)nc2-c2csc(n2)-c2csc(n2)[C@H]([C@@H](O)c2ccccc2)NC(=O)CNC(=O)c2nc(sc2COC)C(C(C)C)CC(=O)c2nc1sc2C. The van der Waals surface area contributed by atoms with Crippen molar-refractivity contribution in [1.82, 2.24) is 61.1 Å². The lowest BCUT2D eigenvalue weighted by molar-refractivity contribution is -0.137. The Morgan fingerprint density at radius 1 is 0.731 bits per heavy atom. The number of hydrogen-bond donors (Lipinski definition) is 7. The maximum atomic E-state index is 14.4. The molecule has 1 aliphatic rings. The summed E-state index contributed by atoms with van der Waals surface area (Å²) in [5.74, 6) is -5.37. The molecule has 9 aromatic rings. The first-order valence-corrected chi connectivity index (χ1v) is 33.9. The molecule has 0 spiro atoms. The van der Waals surface area contributed by atoms with Gasteiger partial charge in [-0.25, -0.2) is 44.5 Å². The number of pyridine rings is 2. The highest BCUT2D eigenvalue weighted by atomic mass is 32.1. The van der Waals surface area contributed by atoms with Crippen molar-refractivity contribution in [3.8, 4) is 43.4 Å². The number of unbranched alkanes of at least 4 members (excludes halogenated alkanes) is 1. The molecule has 0 fully saturated rings. The zero-order chi connectivity index (χ0) is 66.0. The molecule has 9 heterocycles. The second kappa shape index (κ2) is 30.2. The summed E-state index contributed by atoms with van der Waals surface area (Å²) < 4.78 is 11.1. The monoisotopic (exact) mass is 1370 g/mol. The zero-order valence-electron chi connectivity index (χ0n) is 50.2. The van der Waals surface area contributed by atoms with Crippen molar-refractivity contribution in [2.24, 2.45) is 5.92 Å². The maximum Gasteiger partial charge on any atom is 0.415 e. The average molecular weight is 1370 g/mol. The second-order valence-electron chi connectivity index (χ2n) is 21.3. The number of benzene rings is 1. The van der Waals surface area contributed by atoms with Gasteiger partial charge in [-0.3, -0.25) is 38.7 Å². The minimum absolute atomic E-state index is 0.00848. The van der Waals surface area contributed by atoms with E-state index in [0.29, 0.717) is 73.7 Å². The molecule has 32 heteroatoms. The number of ketones is 1. The Kier molecular flexibility index (Phi) is 21.7. The predicted octanol–water partition coefficient (Wildman–Crippen LogP) is 9.69. The predicted molar refractivity (Wildman–Crippen MR) is 349 cm³/mol. The van der Waals surface area contributed by atoms with E-state index in [1.807, 2.05) is 13.8 Å². The third-order valence-electron chi connectivity index (χ3n) is 14.5. The molecule has 482 valence electrons. The van der Waals surface area contributed by atoms with Crippen LogP contribution in [0.4, 0.5) is 10.6 Å². The van der Waals surface area contributed by atoms with Crippen LogP contribution in [0.2, 0.25) is 0 Å². The standard InChI is InChI=1S/C61H59N13O13S6/c1-29(2)35-19-41(75)47-30(3)92-58(72-47)37(20-44(76)62-4)66-52(81)39-26-88-54(68-39)34-16-17-36(56-70-43(28-91-56)74(18-10-9-13-46(78)79)61(85)87-23-33-15-14-32(21-63-33)60(83)84)65-48(34)38-25-89-57(67-38)40-27-90-59(69-40)50(51(80)31-11-7-6-8-12-31)71-45(77)22-64-53(82)49-42(24-86-5)93-55(35)73-49/h6-8,11-12,14-17,21,25-29,35,37,50-51,80H,9-10,13,18-20,22-24H2,1-5H3,(H,62,76)(H,64,82)(H,66,81)(H,71,77)(H,78,79)(H,83,84)/t35?,37-,50-,51-/m0/s1. The van der Waals surface area contributed by atoms with E-state index in [1.54, 1.807) is 70.9 Å². The lowest BCUT2D eigenvalue weighted by atomic mass is 9.90. The molecule has 1 unspecified atom stereocenters. The van der Waals surface area contributed by atoms with Gasteiger partial charge in [0.15, 0.2) is 5.78 Å². The molecule has 1 aliphatic heterocycles. The molecule has 93 heavy (non-hydrogen) atoms. The largest absolute Gasteiger partial charge is 0.481 e. The third-order valence-corrected chi connectivity index (χ3v) is 20.3. The number of carbonyl (C=O) groups is 8. The summed E-state index contributed by atoms with van der Waals surface area (Å²) in [6.07, 6.45) is -0.918. The fourth-order valence-electron chi connectivity index (χ4n) is 9.65. The number of aromatic nitrogens is 8. The number of aliphatic carboxylic acids is 1. The molecule has 0 saturated carbocycles. The number of carboxylic acid groups (broad SMARTS) is 2. The number of fused-ring (bicyclic) bond motifs is 14. The number of aryl methyl sites for hydroxylation is 1. The smallest absolute Gasteiger partial charge is 0.415 e. The first-order chi connectivity index (χ1) is 44.7. The molecule has 7 N–H and O–H groups in total. The molecule has 5 amide bonds. The van der Waals surface area contributed by atoms with Gasteiger partial charge in [-0.2, -0.15) is 0 Å². The molecule has 8 aromatic heterocycles. The van der Waals surface area contributed by atoms with Crippen LogP contribution in [-0.4, -0.2) is 130 Å². The average Bonchev–Trinajstić information content (AvgIpc) is 1.70. The number of nitrogens with one attached hydrogen (secondary N) is 4. The highest BCUT2D eigenvalue weighted by Gasteiger charge is 2.34. The van der Waals surface area contributed by atoms with E-state index in [0.717, 1.165) is 51.5 Å². The van der Waals surface area contributed by atoms with Crippen molar-refractivity contribution < 1.29 is 63.1 Å². The highest BCUT2D eigenvalue weighted by molar-refractivity contribution is 7.15. The Bertz CT molecular complexity index is 4240. The van der Waals surface area contributed by atoms with Gasteiger partial charge in [-0.1, -0.05) is 44.2 Å². The van der Waals surface area contributed by atoms with E-state index in [4.69, 9.17) is 44.4 Å². The minimum Gasteiger partial charge on any atom is -0.481 e. The zero-order valence-corrected chi connectivity index (χ0v) is 55.1. The molecule has 0 saturated heterocycles. The summed E-state index contributed by atoms with van der Waals surface area (Å²) in [7, 11) is 2.94. The van der Waals surface area contributed by atoms with Gasteiger partial charge in [0.2, 0.25) is 11.8 Å². The van der Waals surface area contributed by atoms with Gasteiger partial charge < -0.3 is 46.1 Å². The topological polar surface area (TPSA) is 370 Å². The molecule has 10 bridgehead atoms. The van der Waals surface area contributed by atoms with Gasteiger partial charge in [0, 0.05) is 77.6 Å². The highest BCUT2D eigenvalue weighted by Crippen LogP contribution is 2.41. The lowest BCUT2D eigenvalue weighted by Crippen LogP contribution is -2.40. The Balaban J connectivity index is 1.04. The number of ether oxygens (including phenoxy) is 2. The van der Waals surface area contributed by atoms with Gasteiger partial charge in [0.05, 0.1) is 52.5 Å². The third kappa shape index (κ3) is 16.1. The van der Waals surface area contributed by atoms with Crippen LogP contribution in [-0.2, 0) is 37.1 Å². The normalized spacial score (nSPS) is 15.8. The summed E-state index contributed by atoms with van der Waals surface area (Å²) in [4.78, 5) is 147. The number of aliphatic hydroxyl groups excluding tert-OH is 1. The van der Waals surface area contributed by atoms with Crippen molar-refractivity contribution in [3.05, 3.63) is 141 Å². The molecule has 26 nitrogen and oxygen atoms in total. The molecule has 0 aliphatic carbocycles. The Morgan fingerprint density at radius 2 is 1.46 bits per heavy atom. The first-order valence-electron chi connectivity index (χ1n) is 28.7. The van der Waals surface area contributed by atoms with Crippen LogP contribution in [0.3, 0.4) is 0 Å². The summed E-state index contributed by atoms with van der Waals surface area (Å²) in [6.45, 7) is 4.79. The van der Waals surface area contributed by atoms with Crippen LogP contribution in [0.15, 0.2) is 82.3 Å². The first kappa shape index (κ1) is 66.9. The van der Waals surface area contributed by atoms with Gasteiger partial charge in [-0.05, 0) is 55.5 Å². The number of anilines is 1. The van der Waals surface area contributed by atoms with Crippen LogP contribution in [0.5, 0.6) is 0 Å². The molecule has 0 radical (unpaired) electrons. The van der Waals surface area contributed by atoms with E-state index in [2.05, 4.69) is 26.3 Å².